The number of rotatable bonds is 2. The molecular formula is C18H14O3. The lowest BCUT2D eigenvalue weighted by Gasteiger charge is -2.13. The zero-order valence-corrected chi connectivity index (χ0v) is 11.3. The van der Waals surface area contributed by atoms with Crippen LogP contribution in [0.5, 0.6) is 11.5 Å². The van der Waals surface area contributed by atoms with Crippen LogP contribution < -0.4 is 9.47 Å². The molecule has 1 aliphatic rings. The van der Waals surface area contributed by atoms with E-state index in [9.17, 15) is 5.11 Å². The second-order valence-corrected chi connectivity index (χ2v) is 5.12. The van der Waals surface area contributed by atoms with E-state index in [4.69, 9.17) is 9.47 Å². The van der Waals surface area contributed by atoms with Crippen molar-refractivity contribution in [1.82, 2.24) is 0 Å². The molecule has 3 heteroatoms. The maximum absolute atomic E-state index is 10.6. The number of aliphatic hydroxyl groups is 1. The van der Waals surface area contributed by atoms with Gasteiger partial charge in [-0.05, 0) is 40.1 Å². The summed E-state index contributed by atoms with van der Waals surface area (Å²) in [5, 5.41) is 12.9. The maximum Gasteiger partial charge on any atom is 0.231 e. The van der Waals surface area contributed by atoms with E-state index in [1.54, 1.807) is 0 Å². The molecule has 1 N–H and O–H groups in total. The lowest BCUT2D eigenvalue weighted by molar-refractivity contribution is 0.173. The van der Waals surface area contributed by atoms with Crippen molar-refractivity contribution in [2.75, 3.05) is 6.79 Å². The van der Waals surface area contributed by atoms with Crippen molar-refractivity contribution in [3.63, 3.8) is 0 Å². The minimum absolute atomic E-state index is 0.241. The highest BCUT2D eigenvalue weighted by Crippen LogP contribution is 2.36. The van der Waals surface area contributed by atoms with Gasteiger partial charge in [0.15, 0.2) is 11.5 Å². The van der Waals surface area contributed by atoms with E-state index in [2.05, 4.69) is 6.07 Å². The summed E-state index contributed by atoms with van der Waals surface area (Å²) < 4.78 is 10.7. The molecule has 0 bridgehead atoms. The van der Waals surface area contributed by atoms with E-state index in [0.717, 1.165) is 22.3 Å². The summed E-state index contributed by atoms with van der Waals surface area (Å²) in [6.07, 6.45) is -0.677. The molecule has 0 aromatic heterocycles. The van der Waals surface area contributed by atoms with Crippen molar-refractivity contribution in [3.8, 4) is 11.5 Å². The molecule has 1 unspecified atom stereocenters. The Morgan fingerprint density at radius 1 is 0.762 bits per heavy atom. The van der Waals surface area contributed by atoms with E-state index in [1.807, 2.05) is 54.6 Å². The molecule has 0 amide bonds. The summed E-state index contributed by atoms with van der Waals surface area (Å²) in [5.41, 5.74) is 1.67. The molecule has 0 fully saturated rings. The number of fused-ring (bicyclic) bond motifs is 2. The highest BCUT2D eigenvalue weighted by molar-refractivity contribution is 5.83. The predicted molar refractivity (Wildman–Crippen MR) is 80.6 cm³/mol. The van der Waals surface area contributed by atoms with Crippen molar-refractivity contribution in [1.29, 1.82) is 0 Å². The van der Waals surface area contributed by atoms with Crippen LogP contribution in [0.1, 0.15) is 17.2 Å². The average Bonchev–Trinajstić information content (AvgIpc) is 3.01. The maximum atomic E-state index is 10.6. The van der Waals surface area contributed by atoms with Gasteiger partial charge in [-0.15, -0.1) is 0 Å². The summed E-state index contributed by atoms with van der Waals surface area (Å²) in [5.74, 6) is 1.41. The Morgan fingerprint density at radius 3 is 2.38 bits per heavy atom. The van der Waals surface area contributed by atoms with Gasteiger partial charge in [0.05, 0.1) is 0 Å². The van der Waals surface area contributed by atoms with Gasteiger partial charge in [-0.25, -0.2) is 0 Å². The van der Waals surface area contributed by atoms with Gasteiger partial charge >= 0.3 is 0 Å². The monoisotopic (exact) mass is 278 g/mol. The quantitative estimate of drug-likeness (QED) is 0.777. The van der Waals surface area contributed by atoms with Gasteiger partial charge in [0, 0.05) is 0 Å². The summed E-state index contributed by atoms with van der Waals surface area (Å²) in [4.78, 5) is 0. The lowest BCUT2D eigenvalue weighted by atomic mass is 9.98. The van der Waals surface area contributed by atoms with Crippen LogP contribution >= 0.6 is 0 Å². The van der Waals surface area contributed by atoms with Gasteiger partial charge < -0.3 is 14.6 Å². The van der Waals surface area contributed by atoms with Crippen molar-refractivity contribution in [2.24, 2.45) is 0 Å². The van der Waals surface area contributed by atoms with Crippen LogP contribution in [0.15, 0.2) is 60.7 Å². The van der Waals surface area contributed by atoms with Crippen LogP contribution in [0.4, 0.5) is 0 Å². The number of hydrogen-bond acceptors (Lipinski definition) is 3. The fourth-order valence-corrected chi connectivity index (χ4v) is 2.65. The Labute approximate surface area is 122 Å². The normalized spacial score (nSPS) is 14.3. The summed E-state index contributed by atoms with van der Waals surface area (Å²) in [6.45, 7) is 0.241. The first kappa shape index (κ1) is 12.2. The van der Waals surface area contributed by atoms with Gasteiger partial charge in [-0.1, -0.05) is 42.5 Å². The third-order valence-electron chi connectivity index (χ3n) is 3.80. The van der Waals surface area contributed by atoms with E-state index in [1.165, 1.54) is 5.39 Å². The van der Waals surface area contributed by atoms with Crippen molar-refractivity contribution >= 4 is 10.8 Å². The molecule has 4 rings (SSSR count). The van der Waals surface area contributed by atoms with Gasteiger partial charge in [0.25, 0.3) is 0 Å². The highest BCUT2D eigenvalue weighted by atomic mass is 16.7. The zero-order chi connectivity index (χ0) is 14.2. The first-order chi connectivity index (χ1) is 10.3. The molecule has 104 valence electrons. The van der Waals surface area contributed by atoms with Gasteiger partial charge in [-0.2, -0.15) is 0 Å². The molecule has 0 spiro atoms. The summed E-state index contributed by atoms with van der Waals surface area (Å²) in [7, 11) is 0. The standard InChI is InChI=1S/C18H14O3/c19-18(15-7-8-16-17(10-15)21-11-20-16)14-6-5-12-3-1-2-4-13(12)9-14/h1-10,18-19H,11H2. The van der Waals surface area contributed by atoms with E-state index in [-0.39, 0.29) is 6.79 Å². The molecule has 1 aliphatic heterocycles. The lowest BCUT2D eigenvalue weighted by Crippen LogP contribution is -1.99. The van der Waals surface area contributed by atoms with Crippen molar-refractivity contribution in [3.05, 3.63) is 71.8 Å². The fourth-order valence-electron chi connectivity index (χ4n) is 2.65. The highest BCUT2D eigenvalue weighted by Gasteiger charge is 2.17. The minimum Gasteiger partial charge on any atom is -0.454 e. The molecule has 0 aliphatic carbocycles. The van der Waals surface area contributed by atoms with Gasteiger partial charge in [0.2, 0.25) is 6.79 Å². The minimum atomic E-state index is -0.677. The third kappa shape index (κ3) is 2.12. The molecular weight excluding hydrogens is 264 g/mol. The largest absolute Gasteiger partial charge is 0.454 e. The molecule has 3 nitrogen and oxygen atoms in total. The van der Waals surface area contributed by atoms with Crippen LogP contribution in [-0.2, 0) is 0 Å². The summed E-state index contributed by atoms with van der Waals surface area (Å²) in [6, 6.07) is 19.7. The van der Waals surface area contributed by atoms with Crippen LogP contribution in [0.25, 0.3) is 10.8 Å². The number of aliphatic hydroxyl groups excluding tert-OH is 1. The van der Waals surface area contributed by atoms with Crippen molar-refractivity contribution < 1.29 is 14.6 Å². The Bertz CT molecular complexity index is 810. The molecule has 0 saturated heterocycles. The second kappa shape index (κ2) is 4.79. The molecule has 0 saturated carbocycles. The first-order valence-corrected chi connectivity index (χ1v) is 6.87. The van der Waals surface area contributed by atoms with E-state index >= 15 is 0 Å². The van der Waals surface area contributed by atoms with E-state index < -0.39 is 6.10 Å². The average molecular weight is 278 g/mol. The predicted octanol–water partition coefficient (Wildman–Crippen LogP) is 3.65. The number of ether oxygens (including phenoxy) is 2. The topological polar surface area (TPSA) is 38.7 Å². The Morgan fingerprint density at radius 2 is 1.48 bits per heavy atom. The molecule has 0 radical (unpaired) electrons. The van der Waals surface area contributed by atoms with Crippen LogP contribution in [0.2, 0.25) is 0 Å². The Balaban J connectivity index is 1.73. The molecule has 1 atom stereocenters. The summed E-state index contributed by atoms with van der Waals surface area (Å²) >= 11 is 0. The van der Waals surface area contributed by atoms with E-state index in [0.29, 0.717) is 5.75 Å². The Kier molecular flexibility index (Phi) is 2.79. The van der Waals surface area contributed by atoms with Crippen LogP contribution in [-0.4, -0.2) is 11.9 Å². The Hall–Kier alpha value is -2.52. The first-order valence-electron chi connectivity index (χ1n) is 6.87. The molecule has 3 aromatic carbocycles. The van der Waals surface area contributed by atoms with Crippen LogP contribution in [0, 0.1) is 0 Å². The SMILES string of the molecule is OC(c1ccc2c(c1)OCO2)c1ccc2ccccc2c1. The molecule has 21 heavy (non-hydrogen) atoms. The zero-order valence-electron chi connectivity index (χ0n) is 11.3. The number of benzene rings is 3. The third-order valence-corrected chi connectivity index (χ3v) is 3.80. The molecule has 3 aromatic rings. The van der Waals surface area contributed by atoms with Crippen LogP contribution in [0.3, 0.4) is 0 Å². The van der Waals surface area contributed by atoms with Gasteiger partial charge in [-0.3, -0.25) is 0 Å². The second-order valence-electron chi connectivity index (χ2n) is 5.12. The fraction of sp³-hybridized carbons (Fsp3) is 0.111. The smallest absolute Gasteiger partial charge is 0.231 e. The van der Waals surface area contributed by atoms with Gasteiger partial charge in [0.1, 0.15) is 6.10 Å². The van der Waals surface area contributed by atoms with Crippen molar-refractivity contribution in [2.45, 2.75) is 6.10 Å². The number of hydrogen-bond donors (Lipinski definition) is 1. The molecule has 1 heterocycles.